The van der Waals surface area contributed by atoms with E-state index in [-0.39, 0.29) is 17.6 Å². The molecule has 0 saturated carbocycles. The first-order valence-electron chi connectivity index (χ1n) is 11.4. The summed E-state index contributed by atoms with van der Waals surface area (Å²) in [6, 6.07) is 21.9. The van der Waals surface area contributed by atoms with E-state index in [4.69, 9.17) is 4.74 Å². The number of amides is 2. The lowest BCUT2D eigenvalue weighted by atomic mass is 9.98. The van der Waals surface area contributed by atoms with Crippen molar-refractivity contribution in [1.82, 2.24) is 5.01 Å². The van der Waals surface area contributed by atoms with E-state index in [1.165, 1.54) is 29.3 Å². The Labute approximate surface area is 208 Å². The number of carbonyl (C=O) groups excluding carboxylic acids is 2. The summed E-state index contributed by atoms with van der Waals surface area (Å²) in [5.41, 5.74) is 2.64. The van der Waals surface area contributed by atoms with Gasteiger partial charge in [0.15, 0.2) is 0 Å². The van der Waals surface area contributed by atoms with Crippen LogP contribution in [0.15, 0.2) is 84.0 Å². The van der Waals surface area contributed by atoms with Gasteiger partial charge >= 0.3 is 6.09 Å². The summed E-state index contributed by atoms with van der Waals surface area (Å²) in [6.45, 7) is 5.38. The van der Waals surface area contributed by atoms with Crippen molar-refractivity contribution in [3.63, 3.8) is 0 Å². The molecular weight excluding hydrogens is 460 g/mol. The maximum atomic E-state index is 13.4. The van der Waals surface area contributed by atoms with Gasteiger partial charge in [0.05, 0.1) is 16.7 Å². The van der Waals surface area contributed by atoms with Crippen LogP contribution in [0, 0.1) is 10.1 Å². The smallest absolute Gasteiger partial charge is 0.412 e. The quantitative estimate of drug-likeness (QED) is 0.354. The summed E-state index contributed by atoms with van der Waals surface area (Å²) < 4.78 is 5.28. The predicted octanol–water partition coefficient (Wildman–Crippen LogP) is 5.93. The zero-order chi connectivity index (χ0) is 25.9. The van der Waals surface area contributed by atoms with Crippen LogP contribution in [-0.2, 0) is 4.74 Å². The Hall–Kier alpha value is -4.53. The average Bonchev–Trinajstić information content (AvgIpc) is 3.29. The Kier molecular flexibility index (Phi) is 6.82. The molecular formula is C27H26N4O5. The molecule has 36 heavy (non-hydrogen) atoms. The Balaban J connectivity index is 1.58. The van der Waals surface area contributed by atoms with E-state index in [1.807, 2.05) is 42.5 Å². The highest BCUT2D eigenvalue weighted by atomic mass is 16.6. The summed E-state index contributed by atoms with van der Waals surface area (Å²) in [4.78, 5) is 35.9. The molecule has 0 spiro atoms. The maximum absolute atomic E-state index is 13.4. The molecule has 3 aromatic rings. The largest absolute Gasteiger partial charge is 0.444 e. The van der Waals surface area contributed by atoms with Crippen molar-refractivity contribution < 1.29 is 19.2 Å². The van der Waals surface area contributed by atoms with Crippen LogP contribution in [0.2, 0.25) is 0 Å². The molecule has 3 aromatic carbocycles. The minimum absolute atomic E-state index is 0.0862. The van der Waals surface area contributed by atoms with Crippen LogP contribution in [0.4, 0.5) is 16.2 Å². The van der Waals surface area contributed by atoms with Crippen LogP contribution in [0.1, 0.15) is 54.7 Å². The third kappa shape index (κ3) is 5.75. The first kappa shape index (κ1) is 24.6. The highest BCUT2D eigenvalue weighted by Crippen LogP contribution is 2.34. The number of benzene rings is 3. The fourth-order valence-electron chi connectivity index (χ4n) is 3.83. The second-order valence-corrected chi connectivity index (χ2v) is 9.34. The van der Waals surface area contributed by atoms with E-state index in [2.05, 4.69) is 10.4 Å². The van der Waals surface area contributed by atoms with Crippen molar-refractivity contribution in [1.29, 1.82) is 0 Å². The molecule has 184 valence electrons. The number of hydrogen-bond acceptors (Lipinski definition) is 6. The van der Waals surface area contributed by atoms with Crippen molar-refractivity contribution in [2.24, 2.45) is 5.10 Å². The van der Waals surface area contributed by atoms with Crippen LogP contribution < -0.4 is 5.32 Å². The average molecular weight is 487 g/mol. The van der Waals surface area contributed by atoms with Crippen molar-refractivity contribution in [2.45, 2.75) is 38.8 Å². The number of ether oxygens (including phenoxy) is 1. The fourth-order valence-corrected chi connectivity index (χ4v) is 3.83. The minimum Gasteiger partial charge on any atom is -0.444 e. The van der Waals surface area contributed by atoms with Crippen molar-refractivity contribution in [2.75, 3.05) is 5.32 Å². The molecule has 0 saturated heterocycles. The first-order chi connectivity index (χ1) is 17.1. The number of carbonyl (C=O) groups is 2. The second-order valence-electron chi connectivity index (χ2n) is 9.34. The number of rotatable bonds is 5. The zero-order valence-electron chi connectivity index (χ0n) is 20.2. The molecule has 1 atom stereocenters. The number of nitro groups is 1. The van der Waals surface area contributed by atoms with E-state index in [1.54, 1.807) is 32.9 Å². The number of nitrogens with zero attached hydrogens (tertiary/aromatic N) is 3. The molecule has 0 aromatic heterocycles. The molecule has 0 radical (unpaired) electrons. The van der Waals surface area contributed by atoms with Gasteiger partial charge in [-0.25, -0.2) is 9.80 Å². The SMILES string of the molecule is CC(C)(C)OC(=O)Nc1ccc(C2=NN(C(=O)c3ccc([N+](=O)[O-])cc3)C(c3ccccc3)C2)cc1. The monoisotopic (exact) mass is 486 g/mol. The van der Waals surface area contributed by atoms with Gasteiger partial charge in [0.2, 0.25) is 0 Å². The number of hydrogen-bond donors (Lipinski definition) is 1. The van der Waals surface area contributed by atoms with E-state index >= 15 is 0 Å². The van der Waals surface area contributed by atoms with E-state index in [0.717, 1.165) is 11.1 Å². The first-order valence-corrected chi connectivity index (χ1v) is 11.4. The molecule has 4 rings (SSSR count). The molecule has 1 unspecified atom stereocenters. The molecule has 1 aliphatic rings. The van der Waals surface area contributed by atoms with Crippen molar-refractivity contribution >= 4 is 29.1 Å². The lowest BCUT2D eigenvalue weighted by Gasteiger charge is -2.22. The van der Waals surface area contributed by atoms with Gasteiger partial charge in [0.1, 0.15) is 5.60 Å². The number of hydrazone groups is 1. The van der Waals surface area contributed by atoms with Crippen molar-refractivity contribution in [3.05, 3.63) is 106 Å². The normalized spacial score (nSPS) is 15.2. The highest BCUT2D eigenvalue weighted by Gasteiger charge is 2.33. The lowest BCUT2D eigenvalue weighted by molar-refractivity contribution is -0.384. The number of non-ortho nitro benzene ring substituents is 1. The summed E-state index contributed by atoms with van der Waals surface area (Å²) in [6.07, 6.45) is -0.0563. The van der Waals surface area contributed by atoms with Crippen LogP contribution in [-0.4, -0.2) is 33.2 Å². The standard InChI is InChI=1S/C27H26N4O5/c1-27(2,3)36-26(33)28-21-13-9-18(10-14-21)23-17-24(19-7-5-4-6-8-19)30(29-23)25(32)20-11-15-22(16-12-20)31(34)35/h4-16,24H,17H2,1-3H3,(H,28,33). The molecule has 0 bridgehead atoms. The highest BCUT2D eigenvalue weighted by molar-refractivity contribution is 6.05. The second kappa shape index (κ2) is 9.99. The molecule has 0 aliphatic carbocycles. The molecule has 9 heteroatoms. The summed E-state index contributed by atoms with van der Waals surface area (Å²) in [7, 11) is 0. The third-order valence-electron chi connectivity index (χ3n) is 5.49. The van der Waals surface area contributed by atoms with Gasteiger partial charge < -0.3 is 4.74 Å². The summed E-state index contributed by atoms with van der Waals surface area (Å²) in [5.74, 6) is -0.350. The molecule has 1 N–H and O–H groups in total. The fraction of sp³-hybridized carbons (Fsp3) is 0.222. The van der Waals surface area contributed by atoms with Crippen LogP contribution in [0.3, 0.4) is 0 Å². The van der Waals surface area contributed by atoms with Gasteiger partial charge in [-0.05, 0) is 56.2 Å². The van der Waals surface area contributed by atoms with Crippen LogP contribution in [0.5, 0.6) is 0 Å². The number of nitrogens with one attached hydrogen (secondary N) is 1. The maximum Gasteiger partial charge on any atom is 0.412 e. The predicted molar refractivity (Wildman–Crippen MR) is 136 cm³/mol. The Bertz CT molecular complexity index is 1300. The Morgan fingerprint density at radius 1 is 1.00 bits per heavy atom. The van der Waals surface area contributed by atoms with E-state index < -0.39 is 16.6 Å². The molecule has 1 heterocycles. The van der Waals surface area contributed by atoms with Gasteiger partial charge in [-0.2, -0.15) is 5.10 Å². The topological polar surface area (TPSA) is 114 Å². The molecule has 2 amide bonds. The van der Waals surface area contributed by atoms with E-state index in [9.17, 15) is 19.7 Å². The molecule has 9 nitrogen and oxygen atoms in total. The lowest BCUT2D eigenvalue weighted by Crippen LogP contribution is -2.27. The zero-order valence-corrected chi connectivity index (χ0v) is 20.2. The van der Waals surface area contributed by atoms with Gasteiger partial charge in [-0.3, -0.25) is 20.2 Å². The van der Waals surface area contributed by atoms with Crippen LogP contribution >= 0.6 is 0 Å². The summed E-state index contributed by atoms with van der Waals surface area (Å²) in [5, 5.41) is 19.7. The Morgan fingerprint density at radius 3 is 2.22 bits per heavy atom. The molecule has 1 aliphatic heterocycles. The number of nitro benzene ring substituents is 1. The third-order valence-corrected chi connectivity index (χ3v) is 5.49. The van der Waals surface area contributed by atoms with Gasteiger partial charge in [0, 0.05) is 29.8 Å². The number of anilines is 1. The minimum atomic E-state index is -0.602. The molecule has 0 fully saturated rings. The van der Waals surface area contributed by atoms with Crippen molar-refractivity contribution in [3.8, 4) is 0 Å². The van der Waals surface area contributed by atoms with E-state index in [0.29, 0.717) is 23.4 Å². The van der Waals surface area contributed by atoms with Gasteiger partial charge in [-0.15, -0.1) is 0 Å². The van der Waals surface area contributed by atoms with Gasteiger partial charge in [-0.1, -0.05) is 42.5 Å². The Morgan fingerprint density at radius 2 is 1.64 bits per heavy atom. The van der Waals surface area contributed by atoms with Gasteiger partial charge in [0.25, 0.3) is 11.6 Å². The summed E-state index contributed by atoms with van der Waals surface area (Å²) >= 11 is 0. The van der Waals surface area contributed by atoms with Crippen LogP contribution in [0.25, 0.3) is 0 Å².